The van der Waals surface area contributed by atoms with E-state index in [1.807, 2.05) is 37.3 Å². The average molecular weight is 625 g/mol. The minimum absolute atomic E-state index is 0.211. The summed E-state index contributed by atoms with van der Waals surface area (Å²) in [6.45, 7) is 1.93. The van der Waals surface area contributed by atoms with E-state index in [2.05, 4.69) is 10.3 Å². The highest BCUT2D eigenvalue weighted by Gasteiger charge is 2.26. The van der Waals surface area contributed by atoms with Crippen LogP contribution in [0, 0.1) is 5.82 Å². The summed E-state index contributed by atoms with van der Waals surface area (Å²) in [4.78, 5) is 31.3. The number of amides is 1. The van der Waals surface area contributed by atoms with Crippen molar-refractivity contribution in [2.45, 2.75) is 13.0 Å². The number of nitrogens with zero attached hydrogens (tertiary/aromatic N) is 3. The van der Waals surface area contributed by atoms with Crippen molar-refractivity contribution >= 4 is 43.5 Å². The fourth-order valence-electron chi connectivity index (χ4n) is 5.43. The predicted octanol–water partition coefficient (Wildman–Crippen LogP) is 5.98. The predicted molar refractivity (Wildman–Crippen MR) is 173 cm³/mol. The van der Waals surface area contributed by atoms with Crippen molar-refractivity contribution in [1.82, 2.24) is 14.9 Å². The Morgan fingerprint density at radius 2 is 1.67 bits per heavy atom. The summed E-state index contributed by atoms with van der Waals surface area (Å²) in [5.41, 5.74) is 3.46. The summed E-state index contributed by atoms with van der Waals surface area (Å²) in [5.74, 6) is -0.666. The highest BCUT2D eigenvalue weighted by molar-refractivity contribution is 7.92. The van der Waals surface area contributed by atoms with E-state index < -0.39 is 21.7 Å². The average Bonchev–Trinajstić information content (AvgIpc) is 3.42. The summed E-state index contributed by atoms with van der Waals surface area (Å²) in [6.07, 6.45) is 2.59. The van der Waals surface area contributed by atoms with Crippen molar-refractivity contribution < 1.29 is 22.0 Å². The van der Waals surface area contributed by atoms with E-state index in [-0.39, 0.29) is 28.5 Å². The number of rotatable bonds is 7. The molecule has 2 heterocycles. The smallest absolute Gasteiger partial charge is 0.261 e. The van der Waals surface area contributed by atoms with Crippen LogP contribution < -0.4 is 15.2 Å². The molecule has 6 aromatic rings. The van der Waals surface area contributed by atoms with E-state index in [1.165, 1.54) is 44.7 Å². The molecule has 1 amide bonds. The van der Waals surface area contributed by atoms with Crippen molar-refractivity contribution in [3.63, 3.8) is 0 Å². The van der Waals surface area contributed by atoms with Crippen LogP contribution in [0.2, 0.25) is 0 Å². The van der Waals surface area contributed by atoms with Crippen LogP contribution in [0.4, 0.5) is 10.1 Å². The van der Waals surface area contributed by atoms with Crippen molar-refractivity contribution in [2.24, 2.45) is 0 Å². The lowest BCUT2D eigenvalue weighted by Gasteiger charge is -2.21. The first kappa shape index (κ1) is 29.8. The number of benzene rings is 4. The molecule has 1 atom stereocenters. The molecule has 4 aromatic carbocycles. The lowest BCUT2D eigenvalue weighted by molar-refractivity contribution is 0.0964. The Morgan fingerprint density at radius 1 is 0.978 bits per heavy atom. The zero-order valence-corrected chi connectivity index (χ0v) is 25.7. The van der Waals surface area contributed by atoms with Crippen molar-refractivity contribution in [2.75, 3.05) is 24.7 Å². The van der Waals surface area contributed by atoms with E-state index >= 15 is 0 Å². The van der Waals surface area contributed by atoms with Gasteiger partial charge in [-0.2, -0.15) is 0 Å². The molecule has 0 spiro atoms. The summed E-state index contributed by atoms with van der Waals surface area (Å²) >= 11 is 0. The fourth-order valence-corrected chi connectivity index (χ4v) is 5.94. The largest absolute Gasteiger partial charge is 0.455 e. The van der Waals surface area contributed by atoms with Gasteiger partial charge in [-0.25, -0.2) is 17.8 Å². The Kier molecular flexibility index (Phi) is 7.49. The molecule has 2 aromatic heterocycles. The third-order valence-corrected chi connectivity index (χ3v) is 9.19. The van der Waals surface area contributed by atoms with Crippen molar-refractivity contribution in [3.05, 3.63) is 119 Å². The second kappa shape index (κ2) is 11.3. The molecule has 0 aliphatic carbocycles. The van der Waals surface area contributed by atoms with Gasteiger partial charge in [0.1, 0.15) is 17.2 Å². The molecule has 228 valence electrons. The number of carbonyl (C=O) groups is 1. The molecule has 1 N–H and O–H groups in total. The number of hydrogen-bond acceptors (Lipinski definition) is 6. The molecule has 0 radical (unpaired) electrons. The second-order valence-corrected chi connectivity index (χ2v) is 12.8. The van der Waals surface area contributed by atoms with Gasteiger partial charge in [-0.15, -0.1) is 0 Å². The first-order valence-corrected chi connectivity index (χ1v) is 15.9. The van der Waals surface area contributed by atoms with E-state index in [1.54, 1.807) is 34.9 Å². The highest BCUT2D eigenvalue weighted by atomic mass is 32.2. The first-order valence-electron chi connectivity index (χ1n) is 14.1. The van der Waals surface area contributed by atoms with E-state index in [9.17, 15) is 22.4 Å². The van der Waals surface area contributed by atoms with Crippen LogP contribution in [-0.4, -0.2) is 44.2 Å². The third kappa shape index (κ3) is 5.35. The molecule has 0 unspecified atom stereocenters. The molecule has 0 aliphatic heterocycles. The molecule has 0 aliphatic rings. The number of aromatic nitrogens is 2. The van der Waals surface area contributed by atoms with Crippen molar-refractivity contribution in [1.29, 1.82) is 0 Å². The van der Waals surface area contributed by atoms with E-state index in [4.69, 9.17) is 4.42 Å². The van der Waals surface area contributed by atoms with Crippen LogP contribution in [0.3, 0.4) is 0 Å². The molecule has 6 rings (SSSR count). The van der Waals surface area contributed by atoms with Crippen LogP contribution in [-0.2, 0) is 10.0 Å². The number of carbonyl (C=O) groups excluding carboxylic acids is 1. The van der Waals surface area contributed by atoms with Crippen LogP contribution in [0.5, 0.6) is 0 Å². The quantitative estimate of drug-likeness (QED) is 0.234. The summed E-state index contributed by atoms with van der Waals surface area (Å²) in [7, 11) is -0.813. The molecule has 9 nitrogen and oxygen atoms in total. The van der Waals surface area contributed by atoms with Crippen molar-refractivity contribution in [3.8, 4) is 22.5 Å². The SMILES string of the molecule is CNC(=O)c1c(-c2ccc(F)cc2)oc2cc(N(C)S(C)(=O)=O)c(-c3ccc4c(=O)n([C@H](C)c5ccccc5)cnc4c3)cc12. The topological polar surface area (TPSA) is 115 Å². The number of halogens is 1. The Labute approximate surface area is 258 Å². The van der Waals surface area contributed by atoms with Gasteiger partial charge in [-0.1, -0.05) is 36.4 Å². The van der Waals surface area contributed by atoms with Gasteiger partial charge < -0.3 is 9.73 Å². The van der Waals surface area contributed by atoms with Crippen LogP contribution in [0.15, 0.2) is 100 Å². The molecule has 0 bridgehead atoms. The Balaban J connectivity index is 1.57. The number of sulfonamides is 1. The monoisotopic (exact) mass is 624 g/mol. The van der Waals surface area contributed by atoms with Crippen LogP contribution >= 0.6 is 0 Å². The number of fused-ring (bicyclic) bond motifs is 2. The molecule has 0 saturated carbocycles. The summed E-state index contributed by atoms with van der Waals surface area (Å²) < 4.78 is 48.0. The van der Waals surface area contributed by atoms with Crippen LogP contribution in [0.25, 0.3) is 44.3 Å². The second-order valence-electron chi connectivity index (χ2n) is 10.8. The van der Waals surface area contributed by atoms with Gasteiger partial charge in [0.05, 0.1) is 40.8 Å². The Morgan fingerprint density at radius 3 is 2.33 bits per heavy atom. The van der Waals surface area contributed by atoms with Crippen LogP contribution in [0.1, 0.15) is 28.9 Å². The maximum Gasteiger partial charge on any atom is 0.261 e. The maximum atomic E-state index is 13.7. The maximum absolute atomic E-state index is 13.7. The zero-order chi connectivity index (χ0) is 32.0. The summed E-state index contributed by atoms with van der Waals surface area (Å²) in [5, 5.41) is 3.46. The van der Waals surface area contributed by atoms with Gasteiger partial charge in [0.25, 0.3) is 11.5 Å². The third-order valence-electron chi connectivity index (χ3n) is 8.00. The van der Waals surface area contributed by atoms with Gasteiger partial charge in [0.15, 0.2) is 0 Å². The lowest BCUT2D eigenvalue weighted by atomic mass is 9.97. The number of nitrogens with one attached hydrogen (secondary N) is 1. The highest BCUT2D eigenvalue weighted by Crippen LogP contribution is 2.41. The molecular formula is C34H29FN4O5S. The number of furan rings is 1. The zero-order valence-electron chi connectivity index (χ0n) is 24.9. The van der Waals surface area contributed by atoms with Gasteiger partial charge in [-0.05, 0) is 60.5 Å². The standard InChI is InChI=1S/C34H29FN4O5S/c1-20(21-8-6-5-7-9-21)39-19-37-28-16-23(12-15-25(28)34(39)41)26-17-27-30(18-29(26)38(3)45(4,42)43)44-32(31(27)33(40)36-2)22-10-13-24(35)14-11-22/h5-20H,1-4H3,(H,36,40)/t20-/m1/s1. The van der Waals surface area contributed by atoms with Gasteiger partial charge in [0, 0.05) is 36.7 Å². The fraction of sp³-hybridized carbons (Fsp3) is 0.147. The number of hydrogen-bond donors (Lipinski definition) is 1. The van der Waals surface area contributed by atoms with Gasteiger partial charge in [0.2, 0.25) is 10.0 Å². The number of anilines is 1. The normalized spacial score (nSPS) is 12.4. The van der Waals surface area contributed by atoms with Gasteiger partial charge >= 0.3 is 0 Å². The van der Waals surface area contributed by atoms with Gasteiger partial charge in [-0.3, -0.25) is 18.5 Å². The molecule has 0 saturated heterocycles. The first-order chi connectivity index (χ1) is 21.5. The molecule has 11 heteroatoms. The minimum atomic E-state index is -3.73. The molecule has 0 fully saturated rings. The minimum Gasteiger partial charge on any atom is -0.455 e. The Bertz CT molecular complexity index is 2260. The lowest BCUT2D eigenvalue weighted by Crippen LogP contribution is -2.25. The Hall–Kier alpha value is -5.29. The molecular weight excluding hydrogens is 595 g/mol. The van der Waals surface area contributed by atoms with E-state index in [0.29, 0.717) is 38.7 Å². The van der Waals surface area contributed by atoms with E-state index in [0.717, 1.165) is 16.1 Å². The molecule has 45 heavy (non-hydrogen) atoms. The summed E-state index contributed by atoms with van der Waals surface area (Å²) in [6, 6.07) is 23.3.